The van der Waals surface area contributed by atoms with E-state index in [0.29, 0.717) is 11.4 Å². The Bertz CT molecular complexity index is 527. The summed E-state index contributed by atoms with van der Waals surface area (Å²) >= 11 is 5.76. The Kier molecular flexibility index (Phi) is 6.96. The minimum Gasteiger partial charge on any atom is -0.263 e. The number of unbranched alkanes of at least 4 members (excludes halogenated alkanes) is 3. The van der Waals surface area contributed by atoms with E-state index < -0.39 is 22.2 Å². The van der Waals surface area contributed by atoms with Crippen molar-refractivity contribution in [2.24, 2.45) is 0 Å². The molecule has 0 bridgehead atoms. The van der Waals surface area contributed by atoms with E-state index in [1.54, 1.807) is 12.1 Å². The molecule has 0 fully saturated rings. The van der Waals surface area contributed by atoms with Crippen molar-refractivity contribution in [1.82, 2.24) is 0 Å². The number of rotatable bonds is 8. The van der Waals surface area contributed by atoms with Crippen LogP contribution in [0.1, 0.15) is 31.2 Å². The zero-order valence-electron chi connectivity index (χ0n) is 11.2. The molecule has 0 radical (unpaired) electrons. The second kappa shape index (κ2) is 8.00. The summed E-state index contributed by atoms with van der Waals surface area (Å²) in [6, 6.07) is 7.43. The van der Waals surface area contributed by atoms with Crippen molar-refractivity contribution >= 4 is 21.7 Å². The van der Waals surface area contributed by atoms with Crippen molar-refractivity contribution in [1.29, 1.82) is 0 Å². The molecule has 0 aromatic heterocycles. The first-order valence-electron chi connectivity index (χ1n) is 6.42. The zero-order chi connectivity index (χ0) is 15.9. The third kappa shape index (κ3) is 6.67. The molecule has 0 N–H and O–H groups in total. The van der Waals surface area contributed by atoms with Crippen molar-refractivity contribution in [3.05, 3.63) is 34.9 Å². The van der Waals surface area contributed by atoms with Gasteiger partial charge in [-0.25, -0.2) is 0 Å². The summed E-state index contributed by atoms with van der Waals surface area (Å²) in [7, 11) is -5.45. The number of hydrogen-bond acceptors (Lipinski definition) is 3. The van der Waals surface area contributed by atoms with E-state index in [9.17, 15) is 21.6 Å². The molecule has 0 aliphatic carbocycles. The highest BCUT2D eigenvalue weighted by Gasteiger charge is 2.47. The van der Waals surface area contributed by atoms with Crippen molar-refractivity contribution in [2.75, 3.05) is 6.61 Å². The monoisotopic (exact) mass is 344 g/mol. The van der Waals surface area contributed by atoms with Crippen molar-refractivity contribution in [2.45, 2.75) is 37.6 Å². The van der Waals surface area contributed by atoms with Crippen molar-refractivity contribution in [3.8, 4) is 0 Å². The molecule has 0 aliphatic rings. The highest BCUT2D eigenvalue weighted by molar-refractivity contribution is 7.87. The van der Waals surface area contributed by atoms with Gasteiger partial charge in [0.2, 0.25) is 0 Å². The molecular weight excluding hydrogens is 329 g/mol. The van der Waals surface area contributed by atoms with E-state index in [1.807, 2.05) is 12.1 Å². The minimum atomic E-state index is -5.45. The van der Waals surface area contributed by atoms with Crippen LogP contribution in [-0.4, -0.2) is 20.5 Å². The summed E-state index contributed by atoms with van der Waals surface area (Å²) in [6.07, 6.45) is 3.39. The highest BCUT2D eigenvalue weighted by Crippen LogP contribution is 2.24. The maximum Gasteiger partial charge on any atom is 0.523 e. The highest BCUT2D eigenvalue weighted by atomic mass is 35.5. The van der Waals surface area contributed by atoms with E-state index >= 15 is 0 Å². The van der Waals surface area contributed by atoms with Gasteiger partial charge in [0.05, 0.1) is 6.61 Å². The van der Waals surface area contributed by atoms with Crippen LogP contribution in [0.4, 0.5) is 13.2 Å². The third-order valence-electron chi connectivity index (χ3n) is 2.80. The molecule has 8 heteroatoms. The standard InChI is InChI=1S/C13H16ClF3O3S/c14-12-8-6-11(7-9-12)5-3-1-2-4-10-20-21(18,19)13(15,16)17/h6-9H,1-5,10H2. The summed E-state index contributed by atoms with van der Waals surface area (Å²) in [6.45, 7) is -0.442. The van der Waals surface area contributed by atoms with E-state index in [4.69, 9.17) is 11.6 Å². The topological polar surface area (TPSA) is 43.4 Å². The van der Waals surface area contributed by atoms with E-state index in [0.717, 1.165) is 24.8 Å². The summed E-state index contributed by atoms with van der Waals surface area (Å²) in [5.74, 6) is 0. The summed E-state index contributed by atoms with van der Waals surface area (Å²) in [5.41, 5.74) is -4.21. The molecule has 21 heavy (non-hydrogen) atoms. The van der Waals surface area contributed by atoms with Gasteiger partial charge in [-0.05, 0) is 37.0 Å². The number of halogens is 4. The Balaban J connectivity index is 2.12. The molecule has 1 aromatic rings. The van der Waals surface area contributed by atoms with Crippen LogP contribution >= 0.6 is 11.6 Å². The summed E-state index contributed by atoms with van der Waals surface area (Å²) in [4.78, 5) is 0. The van der Waals surface area contributed by atoms with Gasteiger partial charge in [0.1, 0.15) is 0 Å². The quantitative estimate of drug-likeness (QED) is 0.401. The number of aryl methyl sites for hydroxylation is 1. The lowest BCUT2D eigenvalue weighted by Crippen LogP contribution is -2.25. The molecule has 0 atom stereocenters. The van der Waals surface area contributed by atoms with E-state index in [1.165, 1.54) is 0 Å². The summed E-state index contributed by atoms with van der Waals surface area (Å²) in [5, 5.41) is 0.668. The second-order valence-corrected chi connectivity index (χ2v) is 6.56. The maximum atomic E-state index is 12.0. The van der Waals surface area contributed by atoms with Gasteiger partial charge >= 0.3 is 15.6 Å². The lowest BCUT2D eigenvalue weighted by molar-refractivity contribution is -0.0542. The normalized spacial score (nSPS) is 12.6. The Morgan fingerprint density at radius 1 is 1.00 bits per heavy atom. The van der Waals surface area contributed by atoms with Crippen LogP contribution in [0.15, 0.2) is 24.3 Å². The minimum absolute atomic E-state index is 0.274. The molecule has 3 nitrogen and oxygen atoms in total. The van der Waals surface area contributed by atoms with E-state index in [2.05, 4.69) is 4.18 Å². The fourth-order valence-corrected chi connectivity index (χ4v) is 2.27. The predicted molar refractivity (Wildman–Crippen MR) is 74.6 cm³/mol. The molecule has 0 unspecified atom stereocenters. The number of hydrogen-bond donors (Lipinski definition) is 0. The van der Waals surface area contributed by atoms with Crippen LogP contribution < -0.4 is 0 Å². The first kappa shape index (κ1) is 18.3. The van der Waals surface area contributed by atoms with Gasteiger partial charge in [-0.15, -0.1) is 0 Å². The van der Waals surface area contributed by atoms with Crippen molar-refractivity contribution in [3.63, 3.8) is 0 Å². The first-order chi connectivity index (χ1) is 9.72. The molecule has 1 rings (SSSR count). The van der Waals surface area contributed by atoms with Crippen LogP contribution in [-0.2, 0) is 20.7 Å². The fraction of sp³-hybridized carbons (Fsp3) is 0.538. The molecule has 0 spiro atoms. The van der Waals surface area contributed by atoms with Crippen LogP contribution in [0.3, 0.4) is 0 Å². The third-order valence-corrected chi connectivity index (χ3v) is 4.09. The predicted octanol–water partition coefficient (Wildman–Crippen LogP) is 4.31. The van der Waals surface area contributed by atoms with Gasteiger partial charge in [0.25, 0.3) is 0 Å². The van der Waals surface area contributed by atoms with Gasteiger partial charge in [0, 0.05) is 5.02 Å². The Hall–Kier alpha value is -0.790. The van der Waals surface area contributed by atoms with Crippen molar-refractivity contribution < 1.29 is 25.8 Å². The maximum absolute atomic E-state index is 12.0. The SMILES string of the molecule is O=S(=O)(OCCCCCCc1ccc(Cl)cc1)C(F)(F)F. The molecule has 1 aromatic carbocycles. The molecule has 120 valence electrons. The Morgan fingerprint density at radius 3 is 2.14 bits per heavy atom. The molecule has 0 saturated heterocycles. The van der Waals surface area contributed by atoms with Gasteiger partial charge < -0.3 is 0 Å². The second-order valence-electron chi connectivity index (χ2n) is 4.51. The first-order valence-corrected chi connectivity index (χ1v) is 8.21. The van der Waals surface area contributed by atoms with Crippen LogP contribution in [0.25, 0.3) is 0 Å². The molecule has 0 aliphatic heterocycles. The average molecular weight is 345 g/mol. The smallest absolute Gasteiger partial charge is 0.263 e. The zero-order valence-corrected chi connectivity index (χ0v) is 12.8. The van der Waals surface area contributed by atoms with Crippen LogP contribution in [0, 0.1) is 0 Å². The van der Waals surface area contributed by atoms with Gasteiger partial charge in [0.15, 0.2) is 0 Å². The van der Waals surface area contributed by atoms with Gasteiger partial charge in [-0.3, -0.25) is 4.18 Å². The number of benzene rings is 1. The Labute approximate surface area is 127 Å². The van der Waals surface area contributed by atoms with Crippen LogP contribution in [0.2, 0.25) is 5.02 Å². The molecule has 0 saturated carbocycles. The lowest BCUT2D eigenvalue weighted by atomic mass is 10.1. The van der Waals surface area contributed by atoms with E-state index in [-0.39, 0.29) is 6.42 Å². The average Bonchev–Trinajstić information content (AvgIpc) is 2.38. The van der Waals surface area contributed by atoms with Gasteiger partial charge in [-0.2, -0.15) is 21.6 Å². The lowest BCUT2D eigenvalue weighted by Gasteiger charge is -2.08. The number of alkyl halides is 3. The molecule has 0 heterocycles. The molecular formula is C13H16ClF3O3S. The largest absolute Gasteiger partial charge is 0.523 e. The Morgan fingerprint density at radius 2 is 1.57 bits per heavy atom. The fourth-order valence-electron chi connectivity index (χ4n) is 1.67. The van der Waals surface area contributed by atoms with Gasteiger partial charge in [-0.1, -0.05) is 36.6 Å². The summed E-state index contributed by atoms with van der Waals surface area (Å²) < 4.78 is 61.0. The molecule has 0 amide bonds. The van der Waals surface area contributed by atoms with Crippen LogP contribution in [0.5, 0.6) is 0 Å².